The summed E-state index contributed by atoms with van der Waals surface area (Å²) >= 11 is 1.88. The van der Waals surface area contributed by atoms with E-state index in [2.05, 4.69) is 0 Å². The molecule has 2 nitrogen and oxygen atoms in total. The van der Waals surface area contributed by atoms with Gasteiger partial charge in [-0.3, -0.25) is 0 Å². The second-order valence-corrected chi connectivity index (χ2v) is 6.26. The van der Waals surface area contributed by atoms with E-state index in [4.69, 9.17) is 4.74 Å². The first-order chi connectivity index (χ1) is 11.0. The fraction of sp³-hybridized carbons (Fsp3) is 0.250. The van der Waals surface area contributed by atoms with Crippen molar-refractivity contribution in [2.24, 2.45) is 0 Å². The molecular weight excluding hydrogens is 446 g/mol. The lowest BCUT2D eigenvalue weighted by Crippen LogP contribution is -2.55. The summed E-state index contributed by atoms with van der Waals surface area (Å²) in [6.07, 6.45) is -5.94. The molecule has 2 aromatic carbocycles. The number of rotatable bonds is 4. The zero-order chi connectivity index (χ0) is 18.2. The molecule has 8 heteroatoms. The third-order valence-corrected chi connectivity index (χ3v) is 4.30. The second kappa shape index (κ2) is 6.47. The first kappa shape index (κ1) is 18.9. The fourth-order valence-corrected chi connectivity index (χ4v) is 2.62. The number of hydrogen-bond acceptors (Lipinski definition) is 2. The number of halogens is 6. The van der Waals surface area contributed by atoms with Gasteiger partial charge in [0.2, 0.25) is 0 Å². The molecular formula is C16H12F5IO2. The van der Waals surface area contributed by atoms with E-state index >= 15 is 0 Å². The Morgan fingerprint density at radius 3 is 1.62 bits per heavy atom. The SMILES string of the molecule is COc1ccc(C(O)(c2ccc(I)cc2)C(F)(F)C(F)(F)F)cc1. The normalized spacial score (nSPS) is 15.0. The molecule has 0 radical (unpaired) electrons. The molecule has 0 aliphatic rings. The van der Waals surface area contributed by atoms with Crippen LogP contribution in [-0.2, 0) is 5.60 Å². The Bertz CT molecular complexity index is 698. The van der Waals surface area contributed by atoms with Gasteiger partial charge in [-0.25, -0.2) is 0 Å². The Labute approximate surface area is 148 Å². The summed E-state index contributed by atoms with van der Waals surface area (Å²) in [7, 11) is 1.32. The first-order valence-corrected chi connectivity index (χ1v) is 7.69. The van der Waals surface area contributed by atoms with E-state index in [-0.39, 0.29) is 5.75 Å². The van der Waals surface area contributed by atoms with Crippen LogP contribution in [0, 0.1) is 3.57 Å². The third-order valence-electron chi connectivity index (χ3n) is 3.58. The maximum Gasteiger partial charge on any atom is 0.457 e. The summed E-state index contributed by atoms with van der Waals surface area (Å²) in [4.78, 5) is 0. The van der Waals surface area contributed by atoms with Crippen LogP contribution in [-0.4, -0.2) is 24.3 Å². The van der Waals surface area contributed by atoms with E-state index in [9.17, 15) is 27.1 Å². The van der Waals surface area contributed by atoms with Crippen LogP contribution in [0.2, 0.25) is 0 Å². The van der Waals surface area contributed by atoms with Gasteiger partial charge in [0.05, 0.1) is 7.11 Å². The summed E-state index contributed by atoms with van der Waals surface area (Å²) in [6, 6.07) is 9.16. The van der Waals surface area contributed by atoms with Crippen LogP contribution in [0.5, 0.6) is 5.75 Å². The number of aliphatic hydroxyl groups is 1. The molecule has 0 spiro atoms. The zero-order valence-corrected chi connectivity index (χ0v) is 14.4. The van der Waals surface area contributed by atoms with Crippen molar-refractivity contribution in [1.82, 2.24) is 0 Å². The highest BCUT2D eigenvalue weighted by Gasteiger charge is 2.71. The van der Waals surface area contributed by atoms with Gasteiger partial charge in [-0.15, -0.1) is 0 Å². The van der Waals surface area contributed by atoms with E-state index in [1.54, 1.807) is 0 Å². The molecule has 2 rings (SSSR count). The van der Waals surface area contributed by atoms with E-state index < -0.39 is 28.8 Å². The highest BCUT2D eigenvalue weighted by Crippen LogP contribution is 2.51. The summed E-state index contributed by atoms with van der Waals surface area (Å²) in [6.45, 7) is 0. The zero-order valence-electron chi connectivity index (χ0n) is 12.2. The van der Waals surface area contributed by atoms with Gasteiger partial charge in [0.25, 0.3) is 0 Å². The van der Waals surface area contributed by atoms with Crippen molar-refractivity contribution in [2.75, 3.05) is 7.11 Å². The predicted molar refractivity (Wildman–Crippen MR) is 86.2 cm³/mol. The minimum absolute atomic E-state index is 0.263. The maximum absolute atomic E-state index is 14.2. The average molecular weight is 458 g/mol. The van der Waals surface area contributed by atoms with E-state index in [1.165, 1.54) is 31.4 Å². The summed E-state index contributed by atoms with van der Waals surface area (Å²) in [5.74, 6) is -5.14. The molecule has 0 aromatic heterocycles. The van der Waals surface area contributed by atoms with E-state index in [0.29, 0.717) is 3.57 Å². The molecule has 0 aliphatic heterocycles. The number of methoxy groups -OCH3 is 1. The molecule has 0 bridgehead atoms. The summed E-state index contributed by atoms with van der Waals surface area (Å²) in [5.41, 5.74) is -4.72. The Hall–Kier alpha value is -1.42. The smallest absolute Gasteiger partial charge is 0.457 e. The lowest BCUT2D eigenvalue weighted by molar-refractivity contribution is -0.336. The van der Waals surface area contributed by atoms with Crippen molar-refractivity contribution in [3.63, 3.8) is 0 Å². The van der Waals surface area contributed by atoms with Crippen LogP contribution in [0.15, 0.2) is 48.5 Å². The minimum Gasteiger partial charge on any atom is -0.497 e. The first-order valence-electron chi connectivity index (χ1n) is 6.61. The molecule has 2 aromatic rings. The van der Waals surface area contributed by atoms with Crippen LogP contribution in [0.25, 0.3) is 0 Å². The van der Waals surface area contributed by atoms with Crippen LogP contribution in [0.1, 0.15) is 11.1 Å². The van der Waals surface area contributed by atoms with Gasteiger partial charge in [-0.2, -0.15) is 22.0 Å². The molecule has 0 aliphatic carbocycles. The highest BCUT2D eigenvalue weighted by atomic mass is 127. The van der Waals surface area contributed by atoms with Crippen molar-refractivity contribution < 1.29 is 31.8 Å². The standard InChI is InChI=1S/C16H12F5IO2/c1-24-13-8-4-11(5-9-13)14(23,15(17,18)16(19,20)21)10-2-6-12(22)7-3-10/h2-9,23H,1H3. The fourth-order valence-electron chi connectivity index (χ4n) is 2.26. The average Bonchev–Trinajstić information content (AvgIpc) is 2.53. The van der Waals surface area contributed by atoms with E-state index in [1.807, 2.05) is 22.6 Å². The second-order valence-electron chi connectivity index (χ2n) is 5.02. The van der Waals surface area contributed by atoms with Gasteiger partial charge >= 0.3 is 12.1 Å². The monoisotopic (exact) mass is 458 g/mol. The van der Waals surface area contributed by atoms with Crippen molar-refractivity contribution in [2.45, 2.75) is 17.7 Å². The van der Waals surface area contributed by atoms with Crippen molar-refractivity contribution in [3.8, 4) is 5.75 Å². The highest BCUT2D eigenvalue weighted by molar-refractivity contribution is 14.1. The quantitative estimate of drug-likeness (QED) is 0.531. The van der Waals surface area contributed by atoms with Crippen molar-refractivity contribution in [1.29, 1.82) is 0 Å². The van der Waals surface area contributed by atoms with Crippen molar-refractivity contribution >= 4 is 22.6 Å². The van der Waals surface area contributed by atoms with Crippen LogP contribution < -0.4 is 4.74 Å². The number of ether oxygens (including phenoxy) is 1. The Morgan fingerprint density at radius 2 is 1.25 bits per heavy atom. The van der Waals surface area contributed by atoms with Gasteiger partial charge in [-0.05, 0) is 58.0 Å². The lowest BCUT2D eigenvalue weighted by atomic mass is 9.80. The molecule has 1 N–H and O–H groups in total. The number of hydrogen-bond donors (Lipinski definition) is 1. The van der Waals surface area contributed by atoms with Crippen LogP contribution in [0.4, 0.5) is 22.0 Å². The Balaban J connectivity index is 2.71. The third kappa shape index (κ3) is 3.08. The van der Waals surface area contributed by atoms with Gasteiger partial charge in [0, 0.05) is 3.57 Å². The summed E-state index contributed by atoms with van der Waals surface area (Å²) in [5, 5.41) is 10.6. The van der Waals surface area contributed by atoms with Crippen LogP contribution in [0.3, 0.4) is 0 Å². The van der Waals surface area contributed by atoms with Gasteiger partial charge in [0.15, 0.2) is 5.60 Å². The predicted octanol–water partition coefficient (Wildman–Crippen LogP) is 4.73. The summed E-state index contributed by atoms with van der Waals surface area (Å²) < 4.78 is 72.9. The molecule has 0 amide bonds. The van der Waals surface area contributed by atoms with Gasteiger partial charge < -0.3 is 9.84 Å². The molecule has 0 saturated carbocycles. The molecule has 0 saturated heterocycles. The van der Waals surface area contributed by atoms with E-state index in [0.717, 1.165) is 24.3 Å². The van der Waals surface area contributed by atoms with Crippen molar-refractivity contribution in [3.05, 3.63) is 63.2 Å². The largest absolute Gasteiger partial charge is 0.497 e. The Kier molecular flexibility index (Phi) is 5.10. The number of benzene rings is 2. The van der Waals surface area contributed by atoms with Gasteiger partial charge in [0.1, 0.15) is 5.75 Å². The number of alkyl halides is 5. The molecule has 1 atom stereocenters. The minimum atomic E-state index is -5.94. The maximum atomic E-state index is 14.2. The molecule has 24 heavy (non-hydrogen) atoms. The topological polar surface area (TPSA) is 29.5 Å². The molecule has 0 heterocycles. The Morgan fingerprint density at radius 1 is 0.833 bits per heavy atom. The molecule has 0 fully saturated rings. The molecule has 130 valence electrons. The lowest BCUT2D eigenvalue weighted by Gasteiger charge is -2.37. The van der Waals surface area contributed by atoms with Crippen LogP contribution >= 0.6 is 22.6 Å². The van der Waals surface area contributed by atoms with Gasteiger partial charge in [-0.1, -0.05) is 24.3 Å². The molecule has 1 unspecified atom stereocenters.